The zero-order valence-corrected chi connectivity index (χ0v) is 15.3. The molecule has 0 spiro atoms. The quantitative estimate of drug-likeness (QED) is 0.800. The fourth-order valence-electron chi connectivity index (χ4n) is 3.47. The van der Waals surface area contributed by atoms with Crippen molar-refractivity contribution in [2.24, 2.45) is 4.40 Å². The lowest BCUT2D eigenvalue weighted by atomic mass is 9.89. The highest BCUT2D eigenvalue weighted by Gasteiger charge is 2.33. The van der Waals surface area contributed by atoms with Crippen molar-refractivity contribution in [3.05, 3.63) is 59.7 Å². The molecule has 0 amide bonds. The molecule has 0 N–H and O–H groups in total. The molecule has 5 nitrogen and oxygen atoms in total. The van der Waals surface area contributed by atoms with E-state index in [1.54, 1.807) is 12.1 Å². The lowest BCUT2D eigenvalue weighted by molar-refractivity contribution is 0.366. The van der Waals surface area contributed by atoms with Crippen LogP contribution < -0.4 is 4.74 Å². The molecule has 2 aliphatic heterocycles. The summed E-state index contributed by atoms with van der Waals surface area (Å²) in [6.07, 6.45) is 1.80. The van der Waals surface area contributed by atoms with Crippen molar-refractivity contribution < 1.29 is 21.9 Å². The van der Waals surface area contributed by atoms with E-state index in [9.17, 15) is 17.2 Å². The van der Waals surface area contributed by atoms with Gasteiger partial charge >= 0.3 is 0 Å². The Kier molecular flexibility index (Phi) is 4.59. The van der Waals surface area contributed by atoms with Crippen LogP contribution in [0.25, 0.3) is 0 Å². The van der Waals surface area contributed by atoms with E-state index in [1.807, 2.05) is 17.0 Å². The van der Waals surface area contributed by atoms with Gasteiger partial charge in [0.25, 0.3) is 10.0 Å². The second-order valence-electron chi connectivity index (χ2n) is 6.66. The maximum absolute atomic E-state index is 13.3. The average molecular weight is 392 g/mol. The molecule has 0 unspecified atom stereocenters. The molecule has 0 saturated carbocycles. The Balaban J connectivity index is 1.56. The highest BCUT2D eigenvalue weighted by atomic mass is 32.2. The highest BCUT2D eigenvalue weighted by Crippen LogP contribution is 2.33. The molecule has 4 rings (SSSR count). The Morgan fingerprint density at radius 1 is 1.00 bits per heavy atom. The van der Waals surface area contributed by atoms with E-state index < -0.39 is 21.7 Å². The summed E-state index contributed by atoms with van der Waals surface area (Å²) in [5.41, 5.74) is 0.952. The number of hydrogen-bond acceptors (Lipinski definition) is 4. The van der Waals surface area contributed by atoms with Gasteiger partial charge in [0.1, 0.15) is 17.3 Å². The number of sulfonamides is 1. The number of ether oxygens (including phenoxy) is 1. The minimum Gasteiger partial charge on any atom is -0.457 e. The summed E-state index contributed by atoms with van der Waals surface area (Å²) < 4.78 is 59.6. The number of fused-ring (bicyclic) bond motifs is 1. The van der Waals surface area contributed by atoms with Gasteiger partial charge in [-0.25, -0.2) is 17.2 Å². The van der Waals surface area contributed by atoms with E-state index in [0.29, 0.717) is 18.1 Å². The van der Waals surface area contributed by atoms with Crippen molar-refractivity contribution in [1.29, 1.82) is 0 Å². The summed E-state index contributed by atoms with van der Waals surface area (Å²) >= 11 is 0. The van der Waals surface area contributed by atoms with Gasteiger partial charge in [0.15, 0.2) is 11.6 Å². The van der Waals surface area contributed by atoms with E-state index in [1.165, 1.54) is 6.07 Å². The van der Waals surface area contributed by atoms with E-state index >= 15 is 0 Å². The van der Waals surface area contributed by atoms with Gasteiger partial charge in [0.2, 0.25) is 0 Å². The SMILES string of the molecule is O=S1(=O)CCN2CCC[C@@H](c3ccc(Oc4ccc(F)c(F)c4)cc3)C2=N1. The molecular weight excluding hydrogens is 374 g/mol. The number of nitrogens with zero attached hydrogens (tertiary/aromatic N) is 2. The van der Waals surface area contributed by atoms with Crippen LogP contribution in [0.15, 0.2) is 46.9 Å². The van der Waals surface area contributed by atoms with Gasteiger partial charge in [0.05, 0.1) is 5.75 Å². The number of hydrogen-bond donors (Lipinski definition) is 0. The monoisotopic (exact) mass is 392 g/mol. The van der Waals surface area contributed by atoms with Gasteiger partial charge in [-0.05, 0) is 42.7 Å². The fourth-order valence-corrected chi connectivity index (χ4v) is 4.54. The van der Waals surface area contributed by atoms with Crippen LogP contribution in [0.3, 0.4) is 0 Å². The van der Waals surface area contributed by atoms with Crippen LogP contribution in [0.1, 0.15) is 24.3 Å². The van der Waals surface area contributed by atoms with Crippen LogP contribution in [-0.2, 0) is 10.0 Å². The molecule has 0 aromatic heterocycles. The van der Waals surface area contributed by atoms with Crippen LogP contribution in [0.4, 0.5) is 8.78 Å². The van der Waals surface area contributed by atoms with E-state index in [4.69, 9.17) is 4.74 Å². The third-order valence-electron chi connectivity index (χ3n) is 4.82. The van der Waals surface area contributed by atoms with E-state index in [0.717, 1.165) is 37.1 Å². The first kappa shape index (κ1) is 17.9. The molecule has 1 atom stereocenters. The molecule has 2 aliphatic rings. The van der Waals surface area contributed by atoms with Gasteiger partial charge in [-0.2, -0.15) is 0 Å². The average Bonchev–Trinajstić information content (AvgIpc) is 2.64. The Labute approximate surface area is 156 Å². The summed E-state index contributed by atoms with van der Waals surface area (Å²) in [5.74, 6) is -0.619. The van der Waals surface area contributed by atoms with Crippen LogP contribution in [0.5, 0.6) is 11.5 Å². The lowest BCUT2D eigenvalue weighted by Gasteiger charge is -2.37. The van der Waals surface area contributed by atoms with Crippen LogP contribution in [0, 0.1) is 11.6 Å². The molecule has 0 radical (unpaired) electrons. The Morgan fingerprint density at radius 2 is 1.74 bits per heavy atom. The molecule has 0 bridgehead atoms. The van der Waals surface area contributed by atoms with Crippen LogP contribution in [-0.4, -0.2) is 38.0 Å². The number of piperidine rings is 1. The van der Waals surface area contributed by atoms with Crippen molar-refractivity contribution >= 4 is 15.9 Å². The molecule has 1 saturated heterocycles. The molecule has 142 valence electrons. The van der Waals surface area contributed by atoms with Gasteiger partial charge < -0.3 is 9.64 Å². The number of rotatable bonds is 3. The minimum atomic E-state index is -3.40. The van der Waals surface area contributed by atoms with Gasteiger partial charge in [-0.1, -0.05) is 12.1 Å². The molecule has 2 aromatic rings. The highest BCUT2D eigenvalue weighted by molar-refractivity contribution is 7.90. The molecule has 2 heterocycles. The van der Waals surface area contributed by atoms with Crippen molar-refractivity contribution in [2.75, 3.05) is 18.8 Å². The molecule has 0 aliphatic carbocycles. The standard InChI is InChI=1S/C19H18F2N2O3S/c20-17-8-7-15(12-18(17)21)26-14-5-3-13(4-6-14)16-2-1-9-23-10-11-27(24,25)22-19(16)23/h3-8,12,16H,1-2,9-11H2/t16-/m0/s1. The van der Waals surface area contributed by atoms with Gasteiger partial charge in [-0.15, -0.1) is 4.40 Å². The first-order chi connectivity index (χ1) is 12.9. The largest absolute Gasteiger partial charge is 0.457 e. The normalized spacial score (nSPS) is 21.3. The maximum atomic E-state index is 13.3. The fraction of sp³-hybridized carbons (Fsp3) is 0.316. The first-order valence-electron chi connectivity index (χ1n) is 8.72. The lowest BCUT2D eigenvalue weighted by Crippen LogP contribution is -2.46. The molecule has 27 heavy (non-hydrogen) atoms. The zero-order chi connectivity index (χ0) is 19.0. The Hall–Kier alpha value is -2.48. The summed E-state index contributed by atoms with van der Waals surface area (Å²) in [7, 11) is -3.40. The number of benzene rings is 2. The van der Waals surface area contributed by atoms with Crippen molar-refractivity contribution in [2.45, 2.75) is 18.8 Å². The predicted octanol–water partition coefficient (Wildman–Crippen LogP) is 3.68. The molecular formula is C19H18F2N2O3S. The third-order valence-corrected chi connectivity index (χ3v) is 5.98. The second-order valence-corrected chi connectivity index (χ2v) is 8.42. The maximum Gasteiger partial charge on any atom is 0.256 e. The van der Waals surface area contributed by atoms with Crippen LogP contribution in [0.2, 0.25) is 0 Å². The molecule has 8 heteroatoms. The van der Waals surface area contributed by atoms with Crippen LogP contribution >= 0.6 is 0 Å². The van der Waals surface area contributed by atoms with Gasteiger partial charge in [0, 0.05) is 25.1 Å². The van der Waals surface area contributed by atoms with Crippen molar-refractivity contribution in [3.63, 3.8) is 0 Å². The predicted molar refractivity (Wildman–Crippen MR) is 97.6 cm³/mol. The van der Waals surface area contributed by atoms with Crippen molar-refractivity contribution in [1.82, 2.24) is 4.90 Å². The first-order valence-corrected chi connectivity index (χ1v) is 10.3. The Bertz CT molecular complexity index is 991. The Morgan fingerprint density at radius 3 is 2.48 bits per heavy atom. The minimum absolute atomic E-state index is 0.0597. The van der Waals surface area contributed by atoms with E-state index in [2.05, 4.69) is 4.40 Å². The molecule has 1 fully saturated rings. The number of amidine groups is 1. The van der Waals surface area contributed by atoms with Gasteiger partial charge in [-0.3, -0.25) is 0 Å². The summed E-state index contributed by atoms with van der Waals surface area (Å²) in [5, 5.41) is 0. The third kappa shape index (κ3) is 3.80. The van der Waals surface area contributed by atoms with Crippen molar-refractivity contribution in [3.8, 4) is 11.5 Å². The van der Waals surface area contributed by atoms with E-state index in [-0.39, 0.29) is 17.4 Å². The number of halogens is 2. The topological polar surface area (TPSA) is 59.0 Å². The molecule has 2 aromatic carbocycles. The second kappa shape index (κ2) is 6.92. The summed E-state index contributed by atoms with van der Waals surface area (Å²) in [6.45, 7) is 1.30. The zero-order valence-electron chi connectivity index (χ0n) is 14.4. The summed E-state index contributed by atoms with van der Waals surface area (Å²) in [6, 6.07) is 10.5. The smallest absolute Gasteiger partial charge is 0.256 e. The summed E-state index contributed by atoms with van der Waals surface area (Å²) in [4.78, 5) is 2.04.